The zero-order valence-electron chi connectivity index (χ0n) is 12.1. The minimum absolute atomic E-state index is 0.0653. The first-order valence-corrected chi connectivity index (χ1v) is 6.59. The monoisotopic (exact) mass is 272 g/mol. The molecule has 0 saturated heterocycles. The number of nitrogens with zero attached hydrogens (tertiary/aromatic N) is 2. The highest BCUT2D eigenvalue weighted by atomic mass is 16.2. The molecule has 0 fully saturated rings. The van der Waals surface area contributed by atoms with Gasteiger partial charge in [0.25, 0.3) is 0 Å². The number of anilines is 1. The molecule has 0 atom stereocenters. The summed E-state index contributed by atoms with van der Waals surface area (Å²) >= 11 is 0. The number of hydrogen-bond donors (Lipinski definition) is 2. The number of hydrogen-bond acceptors (Lipinski definition) is 3. The summed E-state index contributed by atoms with van der Waals surface area (Å²) in [7, 11) is 1.80. The summed E-state index contributed by atoms with van der Waals surface area (Å²) in [5.41, 5.74) is 4.22. The maximum absolute atomic E-state index is 11.3. The Hall–Kier alpha value is -2.30. The summed E-state index contributed by atoms with van der Waals surface area (Å²) in [4.78, 5) is 20.3. The lowest BCUT2D eigenvalue weighted by molar-refractivity contribution is -0.128. The summed E-state index contributed by atoms with van der Waals surface area (Å²) in [6, 6.07) is 8.08. The third kappa shape index (κ3) is 3.60. The zero-order valence-corrected chi connectivity index (χ0v) is 12.1. The summed E-state index contributed by atoms with van der Waals surface area (Å²) in [5, 5.41) is 3.34. The van der Waals surface area contributed by atoms with E-state index in [1.54, 1.807) is 25.2 Å². The second-order valence-electron chi connectivity index (χ2n) is 4.90. The molecular formula is C15H20N4O. The van der Waals surface area contributed by atoms with Crippen LogP contribution in [0.3, 0.4) is 0 Å². The van der Waals surface area contributed by atoms with Gasteiger partial charge in [-0.1, -0.05) is 12.1 Å². The molecule has 2 N–H and O–H groups in total. The van der Waals surface area contributed by atoms with Crippen LogP contribution in [-0.2, 0) is 17.9 Å². The fraction of sp³-hybridized carbons (Fsp3) is 0.333. The molecule has 1 heterocycles. The minimum Gasteiger partial charge on any atom is -0.379 e. The number of aryl methyl sites for hydroxylation is 1. The maximum atomic E-state index is 11.3. The van der Waals surface area contributed by atoms with Crippen molar-refractivity contribution in [1.82, 2.24) is 14.9 Å². The molecule has 5 nitrogen and oxygen atoms in total. The fourth-order valence-corrected chi connectivity index (χ4v) is 1.92. The Bertz CT molecular complexity index is 591. The number of amides is 1. The van der Waals surface area contributed by atoms with Crippen LogP contribution < -0.4 is 5.32 Å². The zero-order chi connectivity index (χ0) is 14.5. The summed E-state index contributed by atoms with van der Waals surface area (Å²) in [6.45, 7) is 4.87. The van der Waals surface area contributed by atoms with Gasteiger partial charge < -0.3 is 15.2 Å². The van der Waals surface area contributed by atoms with Crippen LogP contribution in [-0.4, -0.2) is 27.8 Å². The van der Waals surface area contributed by atoms with Gasteiger partial charge in [-0.2, -0.15) is 0 Å². The lowest BCUT2D eigenvalue weighted by Gasteiger charge is -2.15. The SMILES string of the molecule is CC(=O)N(C)Cc1cccc(NCc2nc[nH]c2C)c1. The number of H-pyrrole nitrogens is 1. The van der Waals surface area contributed by atoms with Gasteiger partial charge in [-0.25, -0.2) is 4.98 Å². The van der Waals surface area contributed by atoms with E-state index in [0.29, 0.717) is 13.1 Å². The van der Waals surface area contributed by atoms with Gasteiger partial charge in [0.1, 0.15) is 0 Å². The second kappa shape index (κ2) is 6.23. The molecule has 1 amide bonds. The van der Waals surface area contributed by atoms with Gasteiger partial charge >= 0.3 is 0 Å². The predicted octanol–water partition coefficient (Wildman–Crippen LogP) is 2.31. The Labute approximate surface area is 119 Å². The third-order valence-electron chi connectivity index (χ3n) is 3.28. The fourth-order valence-electron chi connectivity index (χ4n) is 1.92. The largest absolute Gasteiger partial charge is 0.379 e. The number of rotatable bonds is 5. The molecule has 0 aliphatic heterocycles. The van der Waals surface area contributed by atoms with Gasteiger partial charge in [-0.05, 0) is 24.6 Å². The van der Waals surface area contributed by atoms with E-state index in [-0.39, 0.29) is 5.91 Å². The normalized spacial score (nSPS) is 10.3. The topological polar surface area (TPSA) is 61.0 Å². The average Bonchev–Trinajstić information content (AvgIpc) is 2.82. The van der Waals surface area contributed by atoms with Gasteiger partial charge in [-0.3, -0.25) is 4.79 Å². The molecule has 2 aromatic rings. The van der Waals surface area contributed by atoms with Crippen LogP contribution in [0.4, 0.5) is 5.69 Å². The first kappa shape index (κ1) is 14.1. The van der Waals surface area contributed by atoms with E-state index >= 15 is 0 Å². The molecule has 0 unspecified atom stereocenters. The Morgan fingerprint density at radius 1 is 1.45 bits per heavy atom. The summed E-state index contributed by atoms with van der Waals surface area (Å²) in [5.74, 6) is 0.0653. The molecule has 0 aliphatic carbocycles. The first-order chi connectivity index (χ1) is 9.56. The van der Waals surface area contributed by atoms with E-state index in [4.69, 9.17) is 0 Å². The standard InChI is InChI=1S/C15H20N4O/c1-11-15(18-10-17-11)8-16-14-6-4-5-13(7-14)9-19(3)12(2)20/h4-7,10,16H,8-9H2,1-3H3,(H,17,18). The van der Waals surface area contributed by atoms with Gasteiger partial charge in [0.05, 0.1) is 18.6 Å². The van der Waals surface area contributed by atoms with Gasteiger partial charge in [0, 0.05) is 31.9 Å². The average molecular weight is 272 g/mol. The molecule has 1 aromatic carbocycles. The van der Waals surface area contributed by atoms with Gasteiger partial charge in [0.15, 0.2) is 0 Å². The number of benzene rings is 1. The van der Waals surface area contributed by atoms with Crippen molar-refractivity contribution >= 4 is 11.6 Å². The van der Waals surface area contributed by atoms with Crippen LogP contribution in [0.15, 0.2) is 30.6 Å². The number of aromatic nitrogens is 2. The van der Waals surface area contributed by atoms with E-state index in [0.717, 1.165) is 22.6 Å². The number of aromatic amines is 1. The van der Waals surface area contributed by atoms with Gasteiger partial charge in [-0.15, -0.1) is 0 Å². The van der Waals surface area contributed by atoms with E-state index in [1.807, 2.05) is 25.1 Å². The Kier molecular flexibility index (Phi) is 4.40. The molecule has 0 bridgehead atoms. The Morgan fingerprint density at radius 2 is 2.25 bits per heavy atom. The predicted molar refractivity (Wildman–Crippen MR) is 79.2 cm³/mol. The quantitative estimate of drug-likeness (QED) is 0.878. The number of carbonyl (C=O) groups is 1. The molecule has 0 aliphatic rings. The van der Waals surface area contributed by atoms with Crippen molar-refractivity contribution in [2.75, 3.05) is 12.4 Å². The first-order valence-electron chi connectivity index (χ1n) is 6.59. The molecule has 1 aromatic heterocycles. The van der Waals surface area contributed by atoms with Crippen molar-refractivity contribution < 1.29 is 4.79 Å². The molecule has 5 heteroatoms. The van der Waals surface area contributed by atoms with Crippen LogP contribution in [0.1, 0.15) is 23.9 Å². The molecule has 0 saturated carbocycles. The smallest absolute Gasteiger partial charge is 0.219 e. The molecule has 2 rings (SSSR count). The Morgan fingerprint density at radius 3 is 2.90 bits per heavy atom. The molecule has 0 radical (unpaired) electrons. The number of imidazole rings is 1. The minimum atomic E-state index is 0.0653. The van der Waals surface area contributed by atoms with Crippen LogP contribution in [0.5, 0.6) is 0 Å². The molecule has 0 spiro atoms. The lowest BCUT2D eigenvalue weighted by Crippen LogP contribution is -2.23. The van der Waals surface area contributed by atoms with Crippen molar-refractivity contribution in [2.45, 2.75) is 26.9 Å². The van der Waals surface area contributed by atoms with Crippen molar-refractivity contribution in [3.63, 3.8) is 0 Å². The second-order valence-corrected chi connectivity index (χ2v) is 4.90. The van der Waals surface area contributed by atoms with Gasteiger partial charge in [0.2, 0.25) is 5.91 Å². The van der Waals surface area contributed by atoms with Crippen molar-refractivity contribution in [3.05, 3.63) is 47.5 Å². The molecule has 106 valence electrons. The highest BCUT2D eigenvalue weighted by Crippen LogP contribution is 2.14. The van der Waals surface area contributed by atoms with E-state index in [1.165, 1.54) is 0 Å². The highest BCUT2D eigenvalue weighted by Gasteiger charge is 2.05. The maximum Gasteiger partial charge on any atom is 0.219 e. The molecule has 20 heavy (non-hydrogen) atoms. The summed E-state index contributed by atoms with van der Waals surface area (Å²) < 4.78 is 0. The van der Waals surface area contributed by atoms with Crippen LogP contribution in [0, 0.1) is 6.92 Å². The van der Waals surface area contributed by atoms with E-state index in [9.17, 15) is 4.79 Å². The van der Waals surface area contributed by atoms with Crippen LogP contribution in [0.25, 0.3) is 0 Å². The van der Waals surface area contributed by atoms with Crippen molar-refractivity contribution in [2.24, 2.45) is 0 Å². The molecular weight excluding hydrogens is 252 g/mol. The lowest BCUT2D eigenvalue weighted by atomic mass is 10.2. The highest BCUT2D eigenvalue weighted by molar-refractivity contribution is 5.72. The van der Waals surface area contributed by atoms with Crippen molar-refractivity contribution in [1.29, 1.82) is 0 Å². The van der Waals surface area contributed by atoms with Crippen LogP contribution in [0.2, 0.25) is 0 Å². The summed E-state index contributed by atoms with van der Waals surface area (Å²) in [6.07, 6.45) is 1.70. The number of nitrogens with one attached hydrogen (secondary N) is 2. The van der Waals surface area contributed by atoms with Crippen LogP contribution >= 0.6 is 0 Å². The van der Waals surface area contributed by atoms with Crippen molar-refractivity contribution in [3.8, 4) is 0 Å². The van der Waals surface area contributed by atoms with E-state index in [2.05, 4.69) is 21.4 Å². The number of carbonyl (C=O) groups excluding carboxylic acids is 1. The third-order valence-corrected chi connectivity index (χ3v) is 3.28. The van der Waals surface area contributed by atoms with E-state index < -0.39 is 0 Å². The Balaban J connectivity index is 1.99.